The molecule has 36 heavy (non-hydrogen) atoms. The van der Waals surface area contributed by atoms with E-state index in [1.165, 1.54) is 5.57 Å². The number of rotatable bonds is 8. The molecule has 9 heteroatoms. The van der Waals surface area contributed by atoms with Crippen molar-refractivity contribution in [3.8, 4) is 0 Å². The molecule has 0 aromatic heterocycles. The molecular formula is C27H43N3O6. The molecule has 4 saturated heterocycles. The van der Waals surface area contributed by atoms with Crippen molar-refractivity contribution >= 4 is 12.0 Å². The van der Waals surface area contributed by atoms with Crippen LogP contribution < -0.4 is 0 Å². The Morgan fingerprint density at radius 1 is 1.25 bits per heavy atom. The molecule has 4 heterocycles. The number of hydrogen-bond acceptors (Lipinski definition) is 7. The van der Waals surface area contributed by atoms with E-state index < -0.39 is 0 Å². The summed E-state index contributed by atoms with van der Waals surface area (Å²) in [6, 6.07) is 0. The zero-order valence-electron chi connectivity index (χ0n) is 22.5. The molecular weight excluding hydrogens is 462 g/mol. The average molecular weight is 506 g/mol. The van der Waals surface area contributed by atoms with E-state index in [2.05, 4.69) is 31.7 Å². The number of likely N-dealkylation sites (tertiary alicyclic amines) is 1. The van der Waals surface area contributed by atoms with E-state index in [0.717, 1.165) is 51.9 Å². The zero-order chi connectivity index (χ0) is 25.7. The Kier molecular flexibility index (Phi) is 7.13. The molecule has 0 aromatic rings. The summed E-state index contributed by atoms with van der Waals surface area (Å²) >= 11 is 0. The summed E-state index contributed by atoms with van der Waals surface area (Å²) in [7, 11) is 3.57. The van der Waals surface area contributed by atoms with E-state index >= 15 is 0 Å². The van der Waals surface area contributed by atoms with Gasteiger partial charge in [-0.1, -0.05) is 11.6 Å². The average Bonchev–Trinajstić information content (AvgIpc) is 3.72. The van der Waals surface area contributed by atoms with Crippen molar-refractivity contribution in [1.82, 2.24) is 14.7 Å². The van der Waals surface area contributed by atoms with Crippen molar-refractivity contribution in [3.63, 3.8) is 0 Å². The largest absolute Gasteiger partial charge is 0.443 e. The first kappa shape index (κ1) is 25.9. The van der Waals surface area contributed by atoms with Crippen LogP contribution in [0.4, 0.5) is 4.79 Å². The molecule has 0 N–H and O–H groups in total. The third kappa shape index (κ3) is 5.04. The van der Waals surface area contributed by atoms with E-state index in [-0.39, 0.29) is 47.4 Å². The molecule has 5 aliphatic rings. The van der Waals surface area contributed by atoms with Crippen molar-refractivity contribution < 1.29 is 28.5 Å². The molecule has 5 rings (SSSR count). The van der Waals surface area contributed by atoms with Gasteiger partial charge in [0.1, 0.15) is 23.4 Å². The highest BCUT2D eigenvalue weighted by molar-refractivity contribution is 5.78. The third-order valence-electron chi connectivity index (χ3n) is 9.09. The number of ether oxygens (including phenoxy) is 4. The highest BCUT2D eigenvalue weighted by Crippen LogP contribution is 2.59. The number of epoxide rings is 2. The summed E-state index contributed by atoms with van der Waals surface area (Å²) in [6.45, 7) is 11.6. The van der Waals surface area contributed by atoms with Crippen LogP contribution in [-0.4, -0.2) is 116 Å². The van der Waals surface area contributed by atoms with Gasteiger partial charge < -0.3 is 28.7 Å². The Hall–Kier alpha value is -1.68. The van der Waals surface area contributed by atoms with E-state index in [0.29, 0.717) is 25.6 Å². The Morgan fingerprint density at radius 3 is 2.64 bits per heavy atom. The molecule has 6 atom stereocenters. The van der Waals surface area contributed by atoms with Crippen LogP contribution in [0.5, 0.6) is 0 Å². The van der Waals surface area contributed by atoms with Crippen molar-refractivity contribution in [1.29, 1.82) is 0 Å². The number of carbonyl (C=O) groups excluding carboxylic acids is 2. The number of amides is 2. The third-order valence-corrected chi connectivity index (χ3v) is 9.09. The van der Waals surface area contributed by atoms with Crippen LogP contribution >= 0.6 is 0 Å². The van der Waals surface area contributed by atoms with E-state index in [9.17, 15) is 9.59 Å². The van der Waals surface area contributed by atoms with Gasteiger partial charge in [-0.25, -0.2) is 4.79 Å². The molecule has 0 radical (unpaired) electrons. The fraction of sp³-hybridized carbons (Fsp3) is 0.852. The summed E-state index contributed by atoms with van der Waals surface area (Å²) < 4.78 is 24.3. The fourth-order valence-electron chi connectivity index (χ4n) is 6.54. The molecule has 5 fully saturated rings. The number of piperazine rings is 1. The molecule has 1 spiro atoms. The summed E-state index contributed by atoms with van der Waals surface area (Å²) in [5.74, 6) is 0.681. The molecule has 4 aliphatic heterocycles. The molecule has 0 aromatic carbocycles. The van der Waals surface area contributed by atoms with Gasteiger partial charge in [-0.3, -0.25) is 9.69 Å². The van der Waals surface area contributed by atoms with Crippen LogP contribution in [0.1, 0.15) is 46.5 Å². The van der Waals surface area contributed by atoms with Crippen LogP contribution in [0.15, 0.2) is 11.6 Å². The Morgan fingerprint density at radius 2 is 2.00 bits per heavy atom. The highest BCUT2D eigenvalue weighted by atomic mass is 16.6. The molecule has 0 unspecified atom stereocenters. The predicted octanol–water partition coefficient (Wildman–Crippen LogP) is 2.30. The number of likely N-dealkylation sites (N-methyl/N-ethyl adjacent to an activating group) is 1. The minimum atomic E-state index is -0.333. The highest BCUT2D eigenvalue weighted by Gasteiger charge is 2.72. The van der Waals surface area contributed by atoms with Crippen LogP contribution in [0.25, 0.3) is 0 Å². The molecule has 1 saturated carbocycles. The van der Waals surface area contributed by atoms with Gasteiger partial charge in [-0.2, -0.15) is 0 Å². The minimum absolute atomic E-state index is 0.0348. The fourth-order valence-corrected chi connectivity index (χ4v) is 6.54. The smallest absolute Gasteiger partial charge is 0.410 e. The lowest BCUT2D eigenvalue weighted by Gasteiger charge is -2.45. The minimum Gasteiger partial charge on any atom is -0.443 e. The quantitative estimate of drug-likeness (QED) is 0.370. The van der Waals surface area contributed by atoms with Crippen molar-refractivity contribution in [3.05, 3.63) is 11.6 Å². The SMILES string of the molecule is CO[C@@H]1[C@H](OC(=O)N2CC(CCN3CCN(C)C(=O)C3)C2)CC[C@]2(CO2)[C@H]1[C@@]1(C)O[C@@H]1CC=C(C)C. The maximum atomic E-state index is 13.0. The molecule has 202 valence electrons. The van der Waals surface area contributed by atoms with E-state index in [1.54, 1.807) is 16.9 Å². The van der Waals surface area contributed by atoms with E-state index in [1.807, 2.05) is 7.05 Å². The second kappa shape index (κ2) is 9.89. The maximum Gasteiger partial charge on any atom is 0.410 e. The molecule has 9 nitrogen and oxygen atoms in total. The van der Waals surface area contributed by atoms with Crippen LogP contribution in [0, 0.1) is 11.8 Å². The predicted molar refractivity (Wildman–Crippen MR) is 134 cm³/mol. The van der Waals surface area contributed by atoms with Crippen LogP contribution in [-0.2, 0) is 23.7 Å². The monoisotopic (exact) mass is 505 g/mol. The summed E-state index contributed by atoms with van der Waals surface area (Å²) in [4.78, 5) is 30.7. The number of carbonyl (C=O) groups is 2. The maximum absolute atomic E-state index is 13.0. The lowest BCUT2D eigenvalue weighted by Crippen LogP contribution is -2.58. The van der Waals surface area contributed by atoms with Gasteiger partial charge in [0.05, 0.1) is 25.2 Å². The normalized spacial score (nSPS) is 38.6. The molecule has 2 amide bonds. The number of allylic oxidation sites excluding steroid dienone is 1. The molecule has 1 aliphatic carbocycles. The number of hydrogen-bond donors (Lipinski definition) is 0. The Bertz CT molecular complexity index is 881. The number of nitrogens with zero attached hydrogens (tertiary/aromatic N) is 3. The van der Waals surface area contributed by atoms with Crippen LogP contribution in [0.2, 0.25) is 0 Å². The summed E-state index contributed by atoms with van der Waals surface area (Å²) in [5, 5.41) is 0. The molecule has 0 bridgehead atoms. The Balaban J connectivity index is 1.12. The van der Waals surface area contributed by atoms with Gasteiger partial charge in [-0.05, 0) is 58.9 Å². The van der Waals surface area contributed by atoms with E-state index in [4.69, 9.17) is 18.9 Å². The van der Waals surface area contributed by atoms with Gasteiger partial charge in [0, 0.05) is 40.3 Å². The first-order chi connectivity index (χ1) is 17.1. The van der Waals surface area contributed by atoms with Crippen LogP contribution in [0.3, 0.4) is 0 Å². The standard InChI is InChI=1S/C27H43N3O6/c1-18(2)6-7-21-26(3,36-21)24-23(33-5)20(8-10-27(24)17-34-27)35-25(32)30-14-19(15-30)9-11-29-13-12-28(4)22(31)16-29/h6,19-21,23-24H,7-17H2,1-5H3/t20-,21-,23-,24-,26+,27+/m1/s1. The van der Waals surface area contributed by atoms with Gasteiger partial charge in [0.25, 0.3) is 0 Å². The van der Waals surface area contributed by atoms with Gasteiger partial charge in [0.2, 0.25) is 5.91 Å². The topological polar surface area (TPSA) is 87.4 Å². The Labute approximate surface area is 215 Å². The van der Waals surface area contributed by atoms with Crippen molar-refractivity contribution in [2.45, 2.75) is 76.0 Å². The van der Waals surface area contributed by atoms with Crippen molar-refractivity contribution in [2.75, 3.05) is 60.0 Å². The second-order valence-electron chi connectivity index (χ2n) is 12.0. The first-order valence-electron chi connectivity index (χ1n) is 13.5. The first-order valence-corrected chi connectivity index (χ1v) is 13.5. The zero-order valence-corrected chi connectivity index (χ0v) is 22.5. The van der Waals surface area contributed by atoms with Gasteiger partial charge in [0.15, 0.2) is 0 Å². The van der Waals surface area contributed by atoms with Gasteiger partial charge >= 0.3 is 6.09 Å². The van der Waals surface area contributed by atoms with Crippen molar-refractivity contribution in [2.24, 2.45) is 11.8 Å². The lowest BCUT2D eigenvalue weighted by atomic mass is 9.68. The van der Waals surface area contributed by atoms with Gasteiger partial charge in [-0.15, -0.1) is 0 Å². The lowest BCUT2D eigenvalue weighted by molar-refractivity contribution is -0.134. The second-order valence-corrected chi connectivity index (χ2v) is 12.0. The summed E-state index contributed by atoms with van der Waals surface area (Å²) in [5.41, 5.74) is 0.736. The summed E-state index contributed by atoms with van der Waals surface area (Å²) in [6.07, 6.45) is 5.03. The number of methoxy groups -OCH3 is 1.